The van der Waals surface area contributed by atoms with Gasteiger partial charge in [0.15, 0.2) is 0 Å². The molecule has 1 aromatic carbocycles. The summed E-state index contributed by atoms with van der Waals surface area (Å²) in [7, 11) is -2.56. The zero-order valence-electron chi connectivity index (χ0n) is 18.5. The number of anilines is 1. The van der Waals surface area contributed by atoms with Gasteiger partial charge >= 0.3 is 0 Å². The van der Waals surface area contributed by atoms with E-state index in [2.05, 4.69) is 76.8 Å². The second kappa shape index (κ2) is 9.88. The second-order valence-corrected chi connectivity index (χ2v) is 19.2. The van der Waals surface area contributed by atoms with Gasteiger partial charge in [-0.15, -0.1) is 0 Å². The second-order valence-electron chi connectivity index (χ2n) is 8.33. The van der Waals surface area contributed by atoms with E-state index in [-0.39, 0.29) is 0 Å². The fourth-order valence-electron chi connectivity index (χ4n) is 4.54. The summed E-state index contributed by atoms with van der Waals surface area (Å²) < 4.78 is 0. The molecule has 27 heavy (non-hydrogen) atoms. The van der Waals surface area contributed by atoms with Crippen LogP contribution in [0.3, 0.4) is 0 Å². The molecule has 1 heterocycles. The molecule has 2 nitrogen and oxygen atoms in total. The quantitative estimate of drug-likeness (QED) is 0.373. The molecule has 0 aliphatic rings. The van der Waals surface area contributed by atoms with Gasteiger partial charge in [-0.25, -0.2) is 4.98 Å². The van der Waals surface area contributed by atoms with Crippen molar-refractivity contribution in [2.45, 2.75) is 77.8 Å². The van der Waals surface area contributed by atoms with E-state index >= 15 is 0 Å². The van der Waals surface area contributed by atoms with Gasteiger partial charge in [0.2, 0.25) is 0 Å². The molecule has 2 rings (SSSR count). The van der Waals surface area contributed by atoms with Gasteiger partial charge in [-0.1, -0.05) is 102 Å². The van der Waals surface area contributed by atoms with Crippen molar-refractivity contribution in [3.05, 3.63) is 36.5 Å². The van der Waals surface area contributed by atoms with Crippen LogP contribution in [-0.2, 0) is 0 Å². The summed E-state index contributed by atoms with van der Waals surface area (Å²) in [5.41, 5.74) is 0. The number of pyridine rings is 1. The maximum absolute atomic E-state index is 4.95. The van der Waals surface area contributed by atoms with Gasteiger partial charge in [0.05, 0.1) is 16.1 Å². The maximum atomic E-state index is 4.95. The van der Waals surface area contributed by atoms with Crippen LogP contribution in [0.5, 0.6) is 0 Å². The van der Waals surface area contributed by atoms with Crippen LogP contribution in [0.15, 0.2) is 36.5 Å². The highest BCUT2D eigenvalue weighted by Crippen LogP contribution is 2.31. The van der Waals surface area contributed by atoms with Gasteiger partial charge in [-0.3, -0.25) is 0 Å². The number of benzene rings is 1. The fourth-order valence-corrected chi connectivity index (χ4v) is 11.2. The minimum atomic E-state index is -1.28. The highest BCUT2D eigenvalue weighted by molar-refractivity contribution is 6.82. The van der Waals surface area contributed by atoms with Crippen LogP contribution in [0.1, 0.15) is 41.5 Å². The Morgan fingerprint density at radius 1 is 0.704 bits per heavy atom. The number of hydrogen-bond acceptors (Lipinski definition) is 2. The summed E-state index contributed by atoms with van der Waals surface area (Å²) in [6.45, 7) is 14.6. The fraction of sp³-hybridized carbons (Fsp3) is 0.609. The molecule has 0 aliphatic heterocycles. The summed E-state index contributed by atoms with van der Waals surface area (Å²) >= 11 is 0. The monoisotopic (exact) mass is 400 g/mol. The summed E-state index contributed by atoms with van der Waals surface area (Å²) in [4.78, 5) is 7.71. The lowest BCUT2D eigenvalue weighted by molar-refractivity contribution is 0.920. The Hall–Kier alpha value is -1.14. The third-order valence-electron chi connectivity index (χ3n) is 7.50. The molecule has 0 spiro atoms. The zero-order chi connectivity index (χ0) is 19.9. The first kappa shape index (κ1) is 22.2. The number of rotatable bonds is 11. The highest BCUT2D eigenvalue weighted by Gasteiger charge is 2.35. The summed E-state index contributed by atoms with van der Waals surface area (Å²) in [5.74, 6) is 1.24. The first-order valence-corrected chi connectivity index (χ1v) is 16.8. The standard InChI is InChI=1S/C23H40N2Si2/c1-7-26(8-2,9-3)19-25(20-27(10-4,11-5)12-6)23-22-16-14-13-15-21(22)17-18-24-23/h13-18H,7-12,19-20H2,1-6H3. The summed E-state index contributed by atoms with van der Waals surface area (Å²) in [6.07, 6.45) is 4.56. The van der Waals surface area contributed by atoms with Crippen LogP contribution in [0.2, 0.25) is 36.3 Å². The minimum absolute atomic E-state index is 1.24. The molecular weight excluding hydrogens is 360 g/mol. The predicted molar refractivity (Wildman–Crippen MR) is 128 cm³/mol. The Balaban J connectivity index is 2.54. The SMILES string of the molecule is CC[Si](CC)(CC)CN(C[Si](CC)(CC)CC)c1nccc2ccccc12. The van der Waals surface area contributed by atoms with Crippen LogP contribution in [0.25, 0.3) is 10.8 Å². The third-order valence-corrected chi connectivity index (χ3v) is 18.6. The van der Waals surface area contributed by atoms with E-state index in [9.17, 15) is 0 Å². The molecule has 1 aromatic heterocycles. The van der Waals surface area contributed by atoms with Gasteiger partial charge in [0, 0.05) is 23.9 Å². The Morgan fingerprint density at radius 3 is 1.67 bits per heavy atom. The van der Waals surface area contributed by atoms with Crippen LogP contribution in [0, 0.1) is 0 Å². The van der Waals surface area contributed by atoms with Crippen molar-refractivity contribution < 1.29 is 0 Å². The number of nitrogens with zero attached hydrogens (tertiary/aromatic N) is 2. The zero-order valence-corrected chi connectivity index (χ0v) is 20.5. The first-order chi connectivity index (χ1) is 13.0. The van der Waals surface area contributed by atoms with Crippen LogP contribution in [0.4, 0.5) is 5.82 Å². The number of fused-ring (bicyclic) bond motifs is 1. The third kappa shape index (κ3) is 4.83. The normalized spacial score (nSPS) is 12.5. The molecule has 0 saturated carbocycles. The Morgan fingerprint density at radius 2 is 1.19 bits per heavy atom. The van der Waals surface area contributed by atoms with Gasteiger partial charge in [-0.05, 0) is 11.5 Å². The molecule has 0 saturated heterocycles. The molecule has 0 radical (unpaired) electrons. The Labute approximate surface area is 169 Å². The van der Waals surface area contributed by atoms with Gasteiger partial charge < -0.3 is 4.90 Å². The molecule has 0 unspecified atom stereocenters. The summed E-state index contributed by atoms with van der Waals surface area (Å²) in [6, 6.07) is 19.2. The van der Waals surface area contributed by atoms with Crippen molar-refractivity contribution in [3.63, 3.8) is 0 Å². The van der Waals surface area contributed by atoms with E-state index in [4.69, 9.17) is 4.98 Å². The summed E-state index contributed by atoms with van der Waals surface area (Å²) in [5, 5.41) is 2.65. The average Bonchev–Trinajstić information content (AvgIpc) is 2.74. The van der Waals surface area contributed by atoms with Gasteiger partial charge in [0.25, 0.3) is 0 Å². The maximum Gasteiger partial charge on any atom is 0.135 e. The number of aromatic nitrogens is 1. The molecule has 4 heteroatoms. The molecule has 2 aromatic rings. The van der Waals surface area contributed by atoms with E-state index in [1.54, 1.807) is 0 Å². The largest absolute Gasteiger partial charge is 0.362 e. The molecule has 0 amide bonds. The Kier molecular flexibility index (Phi) is 8.10. The predicted octanol–water partition coefficient (Wildman–Crippen LogP) is 7.14. The smallest absolute Gasteiger partial charge is 0.135 e. The van der Waals surface area contributed by atoms with Crippen molar-refractivity contribution in [2.24, 2.45) is 0 Å². The molecular formula is C23H40N2Si2. The lowest BCUT2D eigenvalue weighted by Gasteiger charge is -2.41. The van der Waals surface area contributed by atoms with E-state index in [1.807, 2.05) is 6.20 Å². The van der Waals surface area contributed by atoms with E-state index in [0.29, 0.717) is 0 Å². The van der Waals surface area contributed by atoms with Crippen molar-refractivity contribution in [1.82, 2.24) is 4.98 Å². The lowest BCUT2D eigenvalue weighted by Crippen LogP contribution is -2.53. The van der Waals surface area contributed by atoms with Crippen LogP contribution >= 0.6 is 0 Å². The van der Waals surface area contributed by atoms with Crippen LogP contribution < -0.4 is 4.90 Å². The van der Waals surface area contributed by atoms with Crippen molar-refractivity contribution in [3.8, 4) is 0 Å². The van der Waals surface area contributed by atoms with Crippen molar-refractivity contribution in [2.75, 3.05) is 17.2 Å². The van der Waals surface area contributed by atoms with Gasteiger partial charge in [-0.2, -0.15) is 0 Å². The van der Waals surface area contributed by atoms with Crippen molar-refractivity contribution >= 4 is 32.7 Å². The van der Waals surface area contributed by atoms with E-state index in [0.717, 1.165) is 0 Å². The molecule has 150 valence electrons. The van der Waals surface area contributed by atoms with Crippen molar-refractivity contribution in [1.29, 1.82) is 0 Å². The molecule has 0 atom stereocenters. The van der Waals surface area contributed by atoms with E-state index in [1.165, 1.54) is 65.2 Å². The Bertz CT molecular complexity index is 665. The average molecular weight is 401 g/mol. The molecule has 0 fully saturated rings. The topological polar surface area (TPSA) is 16.1 Å². The van der Waals surface area contributed by atoms with Crippen LogP contribution in [-0.4, -0.2) is 33.5 Å². The highest BCUT2D eigenvalue weighted by atomic mass is 28.3. The molecule has 0 aliphatic carbocycles. The molecule has 0 bridgehead atoms. The van der Waals surface area contributed by atoms with Gasteiger partial charge in [0.1, 0.15) is 5.82 Å². The first-order valence-electron chi connectivity index (χ1n) is 11.1. The van der Waals surface area contributed by atoms with E-state index < -0.39 is 16.1 Å². The number of hydrogen-bond donors (Lipinski definition) is 0. The lowest BCUT2D eigenvalue weighted by atomic mass is 10.1. The molecule has 0 N–H and O–H groups in total. The minimum Gasteiger partial charge on any atom is -0.362 e.